The van der Waals surface area contributed by atoms with Crippen LogP contribution in [0, 0.1) is 0 Å². The highest BCUT2D eigenvalue weighted by Crippen LogP contribution is 2.44. The molecule has 0 fully saturated rings. The van der Waals surface area contributed by atoms with Crippen molar-refractivity contribution in [2.24, 2.45) is 5.10 Å². The Balaban J connectivity index is 1.56. The van der Waals surface area contributed by atoms with Crippen LogP contribution in [0.2, 0.25) is 5.02 Å². The fourth-order valence-electron chi connectivity index (χ4n) is 3.93. The van der Waals surface area contributed by atoms with Gasteiger partial charge in [0, 0.05) is 22.6 Å². The van der Waals surface area contributed by atoms with E-state index in [1.54, 1.807) is 30.3 Å². The number of fused-ring (bicyclic) bond motifs is 3. The third-order valence-corrected chi connectivity index (χ3v) is 5.69. The molecule has 0 bridgehead atoms. The first-order valence-corrected chi connectivity index (χ1v) is 10.1. The molecule has 5 nitrogen and oxygen atoms in total. The number of hydrogen-bond donors (Lipinski definition) is 0. The van der Waals surface area contributed by atoms with Crippen LogP contribution >= 0.6 is 11.6 Å². The van der Waals surface area contributed by atoms with Gasteiger partial charge in [0.15, 0.2) is 0 Å². The van der Waals surface area contributed by atoms with Crippen molar-refractivity contribution in [3.8, 4) is 11.5 Å². The molecule has 5 rings (SSSR count). The van der Waals surface area contributed by atoms with E-state index in [-0.39, 0.29) is 11.8 Å². The van der Waals surface area contributed by atoms with Gasteiger partial charge in [-0.05, 0) is 48.0 Å². The number of halogens is 1. The van der Waals surface area contributed by atoms with Gasteiger partial charge in [-0.2, -0.15) is 5.10 Å². The Morgan fingerprint density at radius 2 is 1.87 bits per heavy atom. The first-order valence-electron chi connectivity index (χ1n) is 9.69. The van der Waals surface area contributed by atoms with E-state index in [0.717, 1.165) is 22.6 Å². The molecule has 6 heteroatoms. The normalized spacial score (nSPS) is 19.4. The van der Waals surface area contributed by atoms with Crippen molar-refractivity contribution < 1.29 is 14.3 Å². The number of ketones is 1. The summed E-state index contributed by atoms with van der Waals surface area (Å²) in [5.74, 6) is 1.33. The fraction of sp³-hybridized carbons (Fsp3) is 0.167. The Labute approximate surface area is 179 Å². The molecule has 30 heavy (non-hydrogen) atoms. The molecule has 2 aliphatic rings. The Morgan fingerprint density at radius 1 is 1.10 bits per heavy atom. The van der Waals surface area contributed by atoms with Gasteiger partial charge in [0.1, 0.15) is 11.5 Å². The summed E-state index contributed by atoms with van der Waals surface area (Å²) in [4.78, 5) is 13.3. The zero-order chi connectivity index (χ0) is 20.7. The molecule has 0 radical (unpaired) electrons. The van der Waals surface area contributed by atoms with Crippen LogP contribution in [-0.4, -0.2) is 29.8 Å². The predicted molar refractivity (Wildman–Crippen MR) is 115 cm³/mol. The van der Waals surface area contributed by atoms with Crippen LogP contribution in [0.5, 0.6) is 11.5 Å². The van der Waals surface area contributed by atoms with Crippen molar-refractivity contribution >= 4 is 23.1 Å². The van der Waals surface area contributed by atoms with Gasteiger partial charge in [0.25, 0.3) is 6.23 Å². The van der Waals surface area contributed by atoms with Crippen molar-refractivity contribution in [3.05, 3.63) is 94.5 Å². The zero-order valence-corrected chi connectivity index (χ0v) is 17.0. The third-order valence-electron chi connectivity index (χ3n) is 5.46. The fourth-order valence-corrected chi connectivity index (χ4v) is 4.11. The standard InChI is InChI=1S/C24H19ClN2O3/c1-29-18-10-7-15(8-11-18)20-14-21-19-13-17(25)9-12-22(19)30-24(27(21)26-20)23(28)16-5-3-2-4-6-16/h2-13,21,24H,14H2,1H3/t21-,24+/m0/s1. The lowest BCUT2D eigenvalue weighted by atomic mass is 9.95. The molecule has 3 aromatic carbocycles. The Kier molecular flexibility index (Phi) is 4.68. The number of hydrazone groups is 1. The molecule has 0 N–H and O–H groups in total. The van der Waals surface area contributed by atoms with Crippen molar-refractivity contribution in [2.75, 3.05) is 7.11 Å². The second-order valence-electron chi connectivity index (χ2n) is 7.26. The maximum atomic E-state index is 13.3. The summed E-state index contributed by atoms with van der Waals surface area (Å²) >= 11 is 6.26. The van der Waals surface area contributed by atoms with Crippen LogP contribution < -0.4 is 9.47 Å². The Hall–Kier alpha value is -3.31. The van der Waals surface area contributed by atoms with Crippen molar-refractivity contribution in [1.29, 1.82) is 0 Å². The van der Waals surface area contributed by atoms with E-state index in [1.807, 2.05) is 54.6 Å². The van der Waals surface area contributed by atoms with E-state index in [4.69, 9.17) is 26.2 Å². The average Bonchev–Trinajstić information content (AvgIpc) is 3.24. The second kappa shape index (κ2) is 7.50. The second-order valence-corrected chi connectivity index (χ2v) is 7.69. The molecular weight excluding hydrogens is 400 g/mol. The maximum Gasteiger partial charge on any atom is 0.251 e. The SMILES string of the molecule is COc1ccc(C2=NN3[C@@H](C(=O)c4ccccc4)Oc4ccc(Cl)cc4[C@@H]3C2)cc1. The molecule has 2 aliphatic heterocycles. The number of ether oxygens (including phenoxy) is 2. The Bertz CT molecular complexity index is 1130. The van der Waals surface area contributed by atoms with Crippen LogP contribution in [0.4, 0.5) is 0 Å². The molecule has 0 saturated heterocycles. The van der Waals surface area contributed by atoms with Gasteiger partial charge >= 0.3 is 0 Å². The molecular formula is C24H19ClN2O3. The van der Waals surface area contributed by atoms with E-state index < -0.39 is 6.23 Å². The minimum Gasteiger partial charge on any atom is -0.497 e. The molecule has 0 spiro atoms. The summed E-state index contributed by atoms with van der Waals surface area (Å²) in [6, 6.07) is 22.3. The lowest BCUT2D eigenvalue weighted by molar-refractivity contribution is -0.00455. The van der Waals surface area contributed by atoms with Crippen molar-refractivity contribution in [2.45, 2.75) is 18.7 Å². The molecule has 0 unspecified atom stereocenters. The van der Waals surface area contributed by atoms with Crippen LogP contribution in [0.15, 0.2) is 77.9 Å². The lowest BCUT2D eigenvalue weighted by Gasteiger charge is -2.37. The van der Waals surface area contributed by atoms with Crippen molar-refractivity contribution in [3.63, 3.8) is 0 Å². The van der Waals surface area contributed by atoms with Crippen LogP contribution in [0.1, 0.15) is 33.9 Å². The summed E-state index contributed by atoms with van der Waals surface area (Å²) in [6.45, 7) is 0. The smallest absolute Gasteiger partial charge is 0.251 e. The number of carbonyl (C=O) groups is 1. The van der Waals surface area contributed by atoms with Gasteiger partial charge in [-0.15, -0.1) is 0 Å². The van der Waals surface area contributed by atoms with Crippen LogP contribution in [-0.2, 0) is 0 Å². The summed E-state index contributed by atoms with van der Waals surface area (Å²) in [6.07, 6.45) is -0.177. The van der Waals surface area contributed by atoms with Gasteiger partial charge in [-0.1, -0.05) is 41.9 Å². The summed E-state index contributed by atoms with van der Waals surface area (Å²) < 4.78 is 11.4. The van der Waals surface area contributed by atoms with Gasteiger partial charge in [-0.3, -0.25) is 4.79 Å². The predicted octanol–water partition coefficient (Wildman–Crippen LogP) is 5.10. The molecule has 0 aromatic heterocycles. The highest BCUT2D eigenvalue weighted by atomic mass is 35.5. The topological polar surface area (TPSA) is 51.1 Å². The van der Waals surface area contributed by atoms with E-state index >= 15 is 0 Å². The highest BCUT2D eigenvalue weighted by Gasteiger charge is 2.43. The number of benzene rings is 3. The number of methoxy groups -OCH3 is 1. The zero-order valence-electron chi connectivity index (χ0n) is 16.3. The first kappa shape index (κ1) is 18.7. The molecule has 2 atom stereocenters. The molecule has 2 heterocycles. The monoisotopic (exact) mass is 418 g/mol. The Morgan fingerprint density at radius 3 is 2.60 bits per heavy atom. The maximum absolute atomic E-state index is 13.3. The lowest BCUT2D eigenvalue weighted by Crippen LogP contribution is -2.45. The number of rotatable bonds is 4. The molecule has 0 saturated carbocycles. The number of Topliss-reactive ketones (excluding diaryl/α,β-unsaturated/α-hetero) is 1. The van der Waals surface area contributed by atoms with Crippen LogP contribution in [0.3, 0.4) is 0 Å². The number of hydrogen-bond acceptors (Lipinski definition) is 5. The third kappa shape index (κ3) is 3.21. The number of nitrogens with zero attached hydrogens (tertiary/aromatic N) is 2. The van der Waals surface area contributed by atoms with Crippen molar-refractivity contribution in [1.82, 2.24) is 5.01 Å². The largest absolute Gasteiger partial charge is 0.497 e. The molecule has 0 amide bonds. The average molecular weight is 419 g/mol. The summed E-state index contributed by atoms with van der Waals surface area (Å²) in [7, 11) is 1.64. The molecule has 3 aromatic rings. The van der Waals surface area contributed by atoms with Gasteiger partial charge in [0.05, 0.1) is 18.9 Å². The summed E-state index contributed by atoms with van der Waals surface area (Å²) in [5.41, 5.74) is 3.41. The number of carbonyl (C=O) groups excluding carboxylic acids is 1. The quantitative estimate of drug-likeness (QED) is 0.553. The minimum absolute atomic E-state index is 0.123. The van der Waals surface area contributed by atoms with Crippen LogP contribution in [0.25, 0.3) is 0 Å². The van der Waals surface area contributed by atoms with Gasteiger partial charge < -0.3 is 9.47 Å². The molecule has 150 valence electrons. The van der Waals surface area contributed by atoms with E-state index in [0.29, 0.717) is 22.8 Å². The molecule has 0 aliphatic carbocycles. The van der Waals surface area contributed by atoms with E-state index in [2.05, 4.69) is 0 Å². The van der Waals surface area contributed by atoms with Gasteiger partial charge in [-0.25, -0.2) is 5.01 Å². The first-order chi connectivity index (χ1) is 14.6. The van der Waals surface area contributed by atoms with Gasteiger partial charge in [0.2, 0.25) is 5.78 Å². The highest BCUT2D eigenvalue weighted by molar-refractivity contribution is 6.30. The van der Waals surface area contributed by atoms with E-state index in [1.165, 1.54) is 0 Å². The summed E-state index contributed by atoms with van der Waals surface area (Å²) in [5, 5.41) is 7.21. The van der Waals surface area contributed by atoms with E-state index in [9.17, 15) is 4.79 Å². The minimum atomic E-state index is -0.832.